The monoisotopic (exact) mass is 255 g/mol. The van der Waals surface area contributed by atoms with Gasteiger partial charge in [-0.3, -0.25) is 0 Å². The van der Waals surface area contributed by atoms with Gasteiger partial charge in [0.1, 0.15) is 12.2 Å². The van der Waals surface area contributed by atoms with Crippen LogP contribution in [0.2, 0.25) is 0 Å². The Hall–Kier alpha value is -1.08. The number of nitrogens with zero attached hydrogens (tertiary/aromatic N) is 4. The van der Waals surface area contributed by atoms with Crippen LogP contribution in [0.1, 0.15) is 18.4 Å². The fraction of sp³-hybridized carbons (Fsp3) is 0.444. The van der Waals surface area contributed by atoms with Crippen LogP contribution in [0, 0.1) is 6.92 Å². The summed E-state index contributed by atoms with van der Waals surface area (Å²) in [6, 6.07) is 0. The molecule has 0 aliphatic carbocycles. The molecule has 0 aliphatic heterocycles. The number of anilines is 1. The number of aromatic nitrogens is 4. The zero-order valence-corrected chi connectivity index (χ0v) is 10.8. The summed E-state index contributed by atoms with van der Waals surface area (Å²) in [5.74, 6) is 1.79. The molecule has 0 atom stereocenters. The minimum absolute atomic E-state index is 0.622. The van der Waals surface area contributed by atoms with Crippen LogP contribution in [0.3, 0.4) is 0 Å². The van der Waals surface area contributed by atoms with Gasteiger partial charge in [-0.1, -0.05) is 11.3 Å². The molecule has 0 aliphatic rings. The van der Waals surface area contributed by atoms with Gasteiger partial charge in [0, 0.05) is 6.54 Å². The quantitative estimate of drug-likeness (QED) is 0.845. The maximum atomic E-state index is 5.65. The molecule has 7 heteroatoms. The Morgan fingerprint density at radius 3 is 3.00 bits per heavy atom. The molecule has 86 valence electrons. The van der Waals surface area contributed by atoms with Crippen LogP contribution in [0.25, 0.3) is 0 Å². The van der Waals surface area contributed by atoms with Gasteiger partial charge < -0.3 is 5.73 Å². The Morgan fingerprint density at radius 2 is 2.38 bits per heavy atom. The molecular formula is C9H13N5S2. The lowest BCUT2D eigenvalue weighted by molar-refractivity contribution is 0.632. The minimum Gasteiger partial charge on any atom is -0.375 e. The second kappa shape index (κ2) is 4.84. The summed E-state index contributed by atoms with van der Waals surface area (Å²) in [5.41, 5.74) is 6.64. The van der Waals surface area contributed by atoms with E-state index in [1.165, 1.54) is 11.3 Å². The van der Waals surface area contributed by atoms with Crippen LogP contribution in [-0.4, -0.2) is 19.7 Å². The summed E-state index contributed by atoms with van der Waals surface area (Å²) in [7, 11) is 0. The van der Waals surface area contributed by atoms with Crippen molar-refractivity contribution >= 4 is 28.2 Å². The van der Waals surface area contributed by atoms with Crippen molar-refractivity contribution < 1.29 is 0 Å². The van der Waals surface area contributed by atoms with Gasteiger partial charge in [-0.15, -0.1) is 11.8 Å². The van der Waals surface area contributed by atoms with Crippen LogP contribution in [0.4, 0.5) is 5.13 Å². The van der Waals surface area contributed by atoms with Crippen molar-refractivity contribution in [3.05, 3.63) is 17.8 Å². The fourth-order valence-electron chi connectivity index (χ4n) is 1.33. The summed E-state index contributed by atoms with van der Waals surface area (Å²) in [6.45, 7) is 4.87. The fourth-order valence-corrected chi connectivity index (χ4v) is 3.30. The summed E-state index contributed by atoms with van der Waals surface area (Å²) in [5, 5.41) is 4.75. The van der Waals surface area contributed by atoms with Crippen molar-refractivity contribution in [2.75, 3.05) is 5.73 Å². The van der Waals surface area contributed by atoms with Gasteiger partial charge >= 0.3 is 0 Å². The maximum absolute atomic E-state index is 5.65. The molecular weight excluding hydrogens is 242 g/mol. The molecule has 0 aromatic carbocycles. The van der Waals surface area contributed by atoms with E-state index in [4.69, 9.17) is 5.73 Å². The van der Waals surface area contributed by atoms with E-state index in [-0.39, 0.29) is 0 Å². The molecule has 0 fully saturated rings. The summed E-state index contributed by atoms with van der Waals surface area (Å²) in [4.78, 5) is 8.41. The van der Waals surface area contributed by atoms with Crippen molar-refractivity contribution in [1.29, 1.82) is 0 Å². The van der Waals surface area contributed by atoms with E-state index in [0.717, 1.165) is 28.0 Å². The number of aryl methyl sites for hydroxylation is 2. The number of hydrogen-bond donors (Lipinski definition) is 1. The predicted octanol–water partition coefficient (Wildman–Crippen LogP) is 1.94. The molecule has 2 aromatic heterocycles. The molecule has 2 N–H and O–H groups in total. The van der Waals surface area contributed by atoms with Crippen molar-refractivity contribution in [2.24, 2.45) is 0 Å². The van der Waals surface area contributed by atoms with E-state index >= 15 is 0 Å². The number of thioether (sulfide) groups is 1. The molecule has 2 rings (SSSR count). The lowest BCUT2D eigenvalue weighted by Crippen LogP contribution is -2.01. The summed E-state index contributed by atoms with van der Waals surface area (Å²) >= 11 is 3.23. The first-order valence-electron chi connectivity index (χ1n) is 4.93. The molecule has 0 spiro atoms. The highest BCUT2D eigenvalue weighted by molar-refractivity contribution is 8.00. The molecule has 0 unspecified atom stereocenters. The third-order valence-corrected chi connectivity index (χ3v) is 4.44. The third-order valence-electron chi connectivity index (χ3n) is 2.10. The Balaban J connectivity index is 2.05. The highest BCUT2D eigenvalue weighted by atomic mass is 32.2. The van der Waals surface area contributed by atoms with Crippen LogP contribution in [0.5, 0.6) is 0 Å². The van der Waals surface area contributed by atoms with E-state index in [2.05, 4.69) is 22.0 Å². The molecule has 0 amide bonds. The van der Waals surface area contributed by atoms with Crippen molar-refractivity contribution in [3.63, 3.8) is 0 Å². The number of nitrogen functional groups attached to an aromatic ring is 1. The van der Waals surface area contributed by atoms with Crippen molar-refractivity contribution in [3.8, 4) is 0 Å². The second-order valence-electron chi connectivity index (χ2n) is 3.21. The molecule has 5 nitrogen and oxygen atoms in total. The molecule has 0 saturated carbocycles. The van der Waals surface area contributed by atoms with Crippen LogP contribution >= 0.6 is 23.1 Å². The molecule has 0 bridgehead atoms. The van der Waals surface area contributed by atoms with E-state index in [1.54, 1.807) is 18.1 Å². The Morgan fingerprint density at radius 1 is 1.56 bits per heavy atom. The van der Waals surface area contributed by atoms with E-state index in [9.17, 15) is 0 Å². The highest BCUT2D eigenvalue weighted by Crippen LogP contribution is 2.32. The molecule has 2 aromatic rings. The zero-order chi connectivity index (χ0) is 11.5. The summed E-state index contributed by atoms with van der Waals surface area (Å²) in [6.07, 6.45) is 1.59. The topological polar surface area (TPSA) is 69.6 Å². The number of thiazole rings is 1. The number of rotatable bonds is 4. The van der Waals surface area contributed by atoms with Crippen LogP contribution in [-0.2, 0) is 12.3 Å². The summed E-state index contributed by atoms with van der Waals surface area (Å²) < 4.78 is 3.05. The van der Waals surface area contributed by atoms with Gasteiger partial charge in [0.05, 0.1) is 15.7 Å². The average molecular weight is 255 g/mol. The van der Waals surface area contributed by atoms with Gasteiger partial charge in [0.2, 0.25) is 0 Å². The van der Waals surface area contributed by atoms with Crippen LogP contribution in [0.15, 0.2) is 10.5 Å². The average Bonchev–Trinajstić information content (AvgIpc) is 2.81. The zero-order valence-electron chi connectivity index (χ0n) is 9.17. The minimum atomic E-state index is 0.622. The first-order chi connectivity index (χ1) is 7.70. The highest BCUT2D eigenvalue weighted by Gasteiger charge is 2.08. The number of nitrogens with two attached hydrogens (primary N) is 1. The lowest BCUT2D eigenvalue weighted by atomic mass is 10.6. The Bertz CT molecular complexity index is 476. The Labute approximate surface area is 102 Å². The molecule has 16 heavy (non-hydrogen) atoms. The standard InChI is InChI=1S/C9H13N5S2/c1-3-14-7(11-5-12-14)4-15-8-6(2)13-9(10)16-8/h5H,3-4H2,1-2H3,(H2,10,13). The first kappa shape index (κ1) is 11.4. The largest absolute Gasteiger partial charge is 0.375 e. The first-order valence-corrected chi connectivity index (χ1v) is 6.73. The smallest absolute Gasteiger partial charge is 0.181 e. The predicted molar refractivity (Wildman–Crippen MR) is 66.5 cm³/mol. The van der Waals surface area contributed by atoms with E-state index < -0.39 is 0 Å². The van der Waals surface area contributed by atoms with Crippen molar-refractivity contribution in [1.82, 2.24) is 19.7 Å². The van der Waals surface area contributed by atoms with Gasteiger partial charge in [-0.25, -0.2) is 14.6 Å². The van der Waals surface area contributed by atoms with Crippen molar-refractivity contribution in [2.45, 2.75) is 30.4 Å². The SMILES string of the molecule is CCn1ncnc1CSc1sc(N)nc1C. The second-order valence-corrected chi connectivity index (χ2v) is 5.48. The normalized spacial score (nSPS) is 10.9. The van der Waals surface area contributed by atoms with Crippen LogP contribution < -0.4 is 5.73 Å². The molecule has 0 saturated heterocycles. The third kappa shape index (κ3) is 2.35. The van der Waals surface area contributed by atoms with Gasteiger partial charge in [-0.05, 0) is 13.8 Å². The van der Waals surface area contributed by atoms with E-state index in [0.29, 0.717) is 5.13 Å². The molecule has 2 heterocycles. The Kier molecular flexibility index (Phi) is 3.45. The van der Waals surface area contributed by atoms with Gasteiger partial charge in [0.15, 0.2) is 5.13 Å². The lowest BCUT2D eigenvalue weighted by Gasteiger charge is -2.01. The number of hydrogen-bond acceptors (Lipinski definition) is 6. The van der Waals surface area contributed by atoms with Gasteiger partial charge in [0.25, 0.3) is 0 Å². The maximum Gasteiger partial charge on any atom is 0.181 e. The molecule has 0 radical (unpaired) electrons. The van der Waals surface area contributed by atoms with E-state index in [1.807, 2.05) is 11.6 Å². The van der Waals surface area contributed by atoms with Gasteiger partial charge in [-0.2, -0.15) is 5.10 Å².